The molecule has 0 unspecified atom stereocenters. The molecule has 0 spiro atoms. The summed E-state index contributed by atoms with van der Waals surface area (Å²) in [5, 5.41) is 10.4. The van der Waals surface area contributed by atoms with Crippen molar-refractivity contribution in [3.8, 4) is 11.4 Å². The van der Waals surface area contributed by atoms with Crippen LogP contribution in [0.4, 0.5) is 0 Å². The molecule has 0 aliphatic rings. The Hall–Kier alpha value is -3.66. The lowest BCUT2D eigenvalue weighted by Gasteiger charge is -2.12. The van der Waals surface area contributed by atoms with Crippen LogP contribution in [0, 0.1) is 0 Å². The lowest BCUT2D eigenvalue weighted by Crippen LogP contribution is -2.22. The summed E-state index contributed by atoms with van der Waals surface area (Å²) in [5.41, 5.74) is 3.35. The number of aromatic hydroxyl groups is 1. The van der Waals surface area contributed by atoms with Gasteiger partial charge in [0.1, 0.15) is 11.6 Å². The van der Waals surface area contributed by atoms with Crippen molar-refractivity contribution in [2.24, 2.45) is 0 Å². The fraction of sp³-hybridized carbons (Fsp3) is 0.120. The average Bonchev–Trinajstić information content (AvgIpc) is 2.72. The topological polar surface area (TPSA) is 55.1 Å². The highest BCUT2D eigenvalue weighted by atomic mass is 16.3. The fourth-order valence-electron chi connectivity index (χ4n) is 3.31. The van der Waals surface area contributed by atoms with Gasteiger partial charge in [0.2, 0.25) is 0 Å². The van der Waals surface area contributed by atoms with Gasteiger partial charge in [-0.1, -0.05) is 62.4 Å². The van der Waals surface area contributed by atoms with Crippen LogP contribution in [0.2, 0.25) is 0 Å². The molecule has 144 valence electrons. The molecule has 0 aliphatic carbocycles. The molecule has 0 saturated carbocycles. The zero-order valence-corrected chi connectivity index (χ0v) is 16.4. The minimum atomic E-state index is -0.170. The molecule has 3 aromatic carbocycles. The maximum Gasteiger partial charge on any atom is 0.266 e. The van der Waals surface area contributed by atoms with Gasteiger partial charge in [0.15, 0.2) is 0 Å². The van der Waals surface area contributed by atoms with Gasteiger partial charge in [-0.05, 0) is 47.4 Å². The molecule has 0 atom stereocenters. The van der Waals surface area contributed by atoms with E-state index >= 15 is 0 Å². The van der Waals surface area contributed by atoms with Crippen molar-refractivity contribution in [1.29, 1.82) is 0 Å². The first-order valence-corrected chi connectivity index (χ1v) is 9.62. The quantitative estimate of drug-likeness (QED) is 0.515. The number of nitrogens with zero attached hydrogens (tertiary/aromatic N) is 2. The predicted molar refractivity (Wildman–Crippen MR) is 118 cm³/mol. The predicted octanol–water partition coefficient (Wildman–Crippen LogP) is 5.39. The van der Waals surface area contributed by atoms with E-state index in [9.17, 15) is 9.90 Å². The number of fused-ring (bicyclic) bond motifs is 1. The summed E-state index contributed by atoms with van der Waals surface area (Å²) in [5.74, 6) is 1.08. The molecule has 1 aromatic heterocycles. The lowest BCUT2D eigenvalue weighted by molar-refractivity contribution is 0.475. The smallest absolute Gasteiger partial charge is 0.266 e. The highest BCUT2D eigenvalue weighted by Gasteiger charge is 2.11. The summed E-state index contributed by atoms with van der Waals surface area (Å²) < 4.78 is 1.53. The second kappa shape index (κ2) is 7.76. The molecule has 0 saturated heterocycles. The van der Waals surface area contributed by atoms with Gasteiger partial charge in [-0.15, -0.1) is 0 Å². The number of aromatic nitrogens is 2. The third kappa shape index (κ3) is 3.83. The van der Waals surface area contributed by atoms with E-state index in [4.69, 9.17) is 4.98 Å². The Bertz CT molecular complexity index is 1250. The van der Waals surface area contributed by atoms with E-state index in [1.54, 1.807) is 30.3 Å². The molecule has 0 fully saturated rings. The van der Waals surface area contributed by atoms with E-state index in [1.165, 1.54) is 10.1 Å². The van der Waals surface area contributed by atoms with Crippen LogP contribution >= 0.6 is 0 Å². The molecule has 0 bridgehead atoms. The van der Waals surface area contributed by atoms with Gasteiger partial charge >= 0.3 is 0 Å². The summed E-state index contributed by atoms with van der Waals surface area (Å²) in [6, 6.07) is 22.3. The molecule has 4 heteroatoms. The Morgan fingerprint density at radius 1 is 0.931 bits per heavy atom. The van der Waals surface area contributed by atoms with Gasteiger partial charge in [0, 0.05) is 6.07 Å². The van der Waals surface area contributed by atoms with E-state index < -0.39 is 0 Å². The molecular weight excluding hydrogens is 360 g/mol. The van der Waals surface area contributed by atoms with Crippen LogP contribution in [0.5, 0.6) is 5.75 Å². The van der Waals surface area contributed by atoms with Crippen molar-refractivity contribution in [1.82, 2.24) is 9.55 Å². The largest absolute Gasteiger partial charge is 0.508 e. The van der Waals surface area contributed by atoms with Crippen LogP contribution < -0.4 is 5.56 Å². The number of hydrogen-bond donors (Lipinski definition) is 1. The minimum Gasteiger partial charge on any atom is -0.508 e. The summed E-state index contributed by atoms with van der Waals surface area (Å²) in [6.45, 7) is 4.33. The normalized spacial score (nSPS) is 11.6. The van der Waals surface area contributed by atoms with Crippen LogP contribution in [0.25, 0.3) is 28.7 Å². The Labute approximate surface area is 169 Å². The van der Waals surface area contributed by atoms with Gasteiger partial charge in [-0.2, -0.15) is 0 Å². The summed E-state index contributed by atoms with van der Waals surface area (Å²) in [4.78, 5) is 17.9. The van der Waals surface area contributed by atoms with Crippen molar-refractivity contribution >= 4 is 23.1 Å². The number of rotatable bonds is 4. The highest BCUT2D eigenvalue weighted by molar-refractivity contribution is 5.80. The van der Waals surface area contributed by atoms with Crippen molar-refractivity contribution in [3.05, 3.63) is 100 Å². The Morgan fingerprint density at radius 2 is 1.69 bits per heavy atom. The maximum absolute atomic E-state index is 13.2. The molecule has 0 amide bonds. The molecule has 4 aromatic rings. The van der Waals surface area contributed by atoms with Crippen molar-refractivity contribution in [3.63, 3.8) is 0 Å². The first-order valence-electron chi connectivity index (χ1n) is 9.62. The number of phenols is 1. The van der Waals surface area contributed by atoms with Crippen molar-refractivity contribution in [2.45, 2.75) is 19.8 Å². The average molecular weight is 382 g/mol. The van der Waals surface area contributed by atoms with Gasteiger partial charge in [-0.3, -0.25) is 9.36 Å². The number of phenolic OH excluding ortho intramolecular Hbond substituents is 1. The van der Waals surface area contributed by atoms with Crippen molar-refractivity contribution < 1.29 is 5.11 Å². The molecule has 4 nitrogen and oxygen atoms in total. The number of para-hydroxylation sites is 1. The number of hydrogen-bond acceptors (Lipinski definition) is 3. The first-order chi connectivity index (χ1) is 14.0. The Balaban J connectivity index is 1.86. The fourth-order valence-corrected chi connectivity index (χ4v) is 3.31. The van der Waals surface area contributed by atoms with E-state index in [0.717, 1.165) is 5.56 Å². The molecule has 1 heterocycles. The first kappa shape index (κ1) is 18.7. The van der Waals surface area contributed by atoms with E-state index in [2.05, 4.69) is 38.1 Å². The Morgan fingerprint density at radius 3 is 2.41 bits per heavy atom. The lowest BCUT2D eigenvalue weighted by atomic mass is 10.0. The van der Waals surface area contributed by atoms with Crippen LogP contribution in [-0.2, 0) is 0 Å². The standard InChI is InChI=1S/C25H22N2O2/c1-17(2)19-13-10-18(11-14-19)12-15-24-26-23-9-4-3-8-22(23)25(29)27(24)20-6-5-7-21(28)16-20/h3-17,28H,1-2H3/b15-12+. The maximum atomic E-state index is 13.2. The third-order valence-corrected chi connectivity index (χ3v) is 4.92. The Kier molecular flexibility index (Phi) is 5.00. The van der Waals surface area contributed by atoms with Gasteiger partial charge < -0.3 is 5.11 Å². The minimum absolute atomic E-state index is 0.0989. The molecule has 4 rings (SSSR count). The molecule has 0 aliphatic heterocycles. The SMILES string of the molecule is CC(C)c1ccc(/C=C/c2nc3ccccc3c(=O)n2-c2cccc(O)c2)cc1. The molecule has 1 N–H and O–H groups in total. The molecule has 29 heavy (non-hydrogen) atoms. The zero-order valence-electron chi connectivity index (χ0n) is 16.4. The van der Waals surface area contributed by atoms with Gasteiger partial charge in [0.05, 0.1) is 16.6 Å². The van der Waals surface area contributed by atoms with E-state index in [-0.39, 0.29) is 11.3 Å². The highest BCUT2D eigenvalue weighted by Crippen LogP contribution is 2.19. The monoisotopic (exact) mass is 382 g/mol. The van der Waals surface area contributed by atoms with Crippen LogP contribution in [0.3, 0.4) is 0 Å². The molecular formula is C25H22N2O2. The second-order valence-corrected chi connectivity index (χ2v) is 7.30. The van der Waals surface area contributed by atoms with Crippen molar-refractivity contribution in [2.75, 3.05) is 0 Å². The van der Waals surface area contributed by atoms with E-state index in [0.29, 0.717) is 28.3 Å². The second-order valence-electron chi connectivity index (χ2n) is 7.30. The number of benzene rings is 3. The summed E-state index contributed by atoms with van der Waals surface area (Å²) >= 11 is 0. The van der Waals surface area contributed by atoms with Gasteiger partial charge in [-0.25, -0.2) is 4.98 Å². The van der Waals surface area contributed by atoms with Gasteiger partial charge in [0.25, 0.3) is 5.56 Å². The zero-order chi connectivity index (χ0) is 20.4. The van der Waals surface area contributed by atoms with Crippen LogP contribution in [0.1, 0.15) is 36.7 Å². The summed E-state index contributed by atoms with van der Waals surface area (Å²) in [6.07, 6.45) is 3.78. The van der Waals surface area contributed by atoms with Crippen LogP contribution in [0.15, 0.2) is 77.6 Å². The van der Waals surface area contributed by atoms with Crippen LogP contribution in [-0.4, -0.2) is 14.7 Å². The molecule has 0 radical (unpaired) electrons. The van der Waals surface area contributed by atoms with E-state index in [1.807, 2.05) is 30.4 Å². The summed E-state index contributed by atoms with van der Waals surface area (Å²) in [7, 11) is 0. The third-order valence-electron chi connectivity index (χ3n) is 4.92.